The maximum atomic E-state index is 12.0. The molecule has 3 atom stereocenters. The third-order valence-electron chi connectivity index (χ3n) is 3.31. The van der Waals surface area contributed by atoms with Crippen molar-refractivity contribution in [1.29, 1.82) is 0 Å². The van der Waals surface area contributed by atoms with Gasteiger partial charge in [-0.1, -0.05) is 12.1 Å². The maximum absolute atomic E-state index is 12.0. The Morgan fingerprint density at radius 2 is 1.95 bits per heavy atom. The number of para-hydroxylation sites is 2. The van der Waals surface area contributed by atoms with Crippen molar-refractivity contribution in [1.82, 2.24) is 5.32 Å². The number of carbonyl (C=O) groups is 2. The summed E-state index contributed by atoms with van der Waals surface area (Å²) in [7, 11) is 0. The highest BCUT2D eigenvalue weighted by molar-refractivity contribution is 5.82. The summed E-state index contributed by atoms with van der Waals surface area (Å²) in [4.78, 5) is 22.9. The summed E-state index contributed by atoms with van der Waals surface area (Å²) in [6.07, 6.45) is -0.770. The smallest absolute Gasteiger partial charge is 0.308 e. The van der Waals surface area contributed by atoms with E-state index in [0.29, 0.717) is 11.5 Å². The fourth-order valence-electron chi connectivity index (χ4n) is 1.80. The molecule has 1 aliphatic heterocycles. The van der Waals surface area contributed by atoms with Crippen LogP contribution in [0.1, 0.15) is 13.8 Å². The van der Waals surface area contributed by atoms with E-state index >= 15 is 0 Å². The van der Waals surface area contributed by atoms with Gasteiger partial charge in [0.1, 0.15) is 6.61 Å². The molecule has 108 valence electrons. The molecule has 0 spiro atoms. The van der Waals surface area contributed by atoms with Crippen molar-refractivity contribution < 1.29 is 24.2 Å². The topological polar surface area (TPSA) is 84.9 Å². The van der Waals surface area contributed by atoms with Crippen LogP contribution in [0.15, 0.2) is 24.3 Å². The molecule has 2 rings (SSSR count). The van der Waals surface area contributed by atoms with Gasteiger partial charge in [-0.05, 0) is 26.0 Å². The van der Waals surface area contributed by atoms with E-state index in [9.17, 15) is 9.59 Å². The van der Waals surface area contributed by atoms with Crippen molar-refractivity contribution in [2.75, 3.05) is 6.61 Å². The number of carboxylic acids is 1. The second-order valence-corrected chi connectivity index (χ2v) is 4.79. The quantitative estimate of drug-likeness (QED) is 0.860. The van der Waals surface area contributed by atoms with Crippen molar-refractivity contribution in [2.24, 2.45) is 5.92 Å². The number of nitrogens with one attached hydrogen (secondary N) is 1. The molecule has 6 nitrogen and oxygen atoms in total. The summed E-state index contributed by atoms with van der Waals surface area (Å²) in [6, 6.07) is 6.61. The van der Waals surface area contributed by atoms with Gasteiger partial charge in [-0.15, -0.1) is 0 Å². The van der Waals surface area contributed by atoms with Crippen LogP contribution in [-0.2, 0) is 9.59 Å². The SMILES string of the molecule is CC(NC(=O)C1COc2ccccc2O1)C(C)C(=O)O. The largest absolute Gasteiger partial charge is 0.485 e. The van der Waals surface area contributed by atoms with Gasteiger partial charge >= 0.3 is 5.97 Å². The Hall–Kier alpha value is -2.24. The van der Waals surface area contributed by atoms with Gasteiger partial charge in [0.15, 0.2) is 11.5 Å². The van der Waals surface area contributed by atoms with E-state index in [4.69, 9.17) is 14.6 Å². The molecule has 1 aromatic carbocycles. The van der Waals surface area contributed by atoms with Gasteiger partial charge in [0, 0.05) is 6.04 Å². The summed E-state index contributed by atoms with van der Waals surface area (Å²) in [5.74, 6) is -0.888. The van der Waals surface area contributed by atoms with Gasteiger partial charge < -0.3 is 19.9 Å². The predicted molar refractivity (Wildman–Crippen MR) is 70.8 cm³/mol. The number of rotatable bonds is 4. The minimum absolute atomic E-state index is 0.108. The van der Waals surface area contributed by atoms with Gasteiger partial charge in [0.05, 0.1) is 5.92 Å². The molecule has 20 heavy (non-hydrogen) atoms. The van der Waals surface area contributed by atoms with E-state index in [1.165, 1.54) is 0 Å². The molecule has 2 N–H and O–H groups in total. The number of hydrogen-bond donors (Lipinski definition) is 2. The van der Waals surface area contributed by atoms with Crippen molar-refractivity contribution >= 4 is 11.9 Å². The predicted octanol–water partition coefficient (Wildman–Crippen LogP) is 1.05. The lowest BCUT2D eigenvalue weighted by Crippen LogP contribution is -2.49. The van der Waals surface area contributed by atoms with E-state index in [0.717, 1.165) is 0 Å². The third kappa shape index (κ3) is 3.01. The number of carbonyl (C=O) groups excluding carboxylic acids is 1. The van der Waals surface area contributed by atoms with Crippen LogP contribution in [-0.4, -0.2) is 35.7 Å². The summed E-state index contributed by atoms with van der Waals surface area (Å²) in [5, 5.41) is 11.5. The third-order valence-corrected chi connectivity index (χ3v) is 3.31. The molecule has 0 saturated carbocycles. The number of carboxylic acid groups (broad SMARTS) is 1. The molecule has 1 aromatic rings. The van der Waals surface area contributed by atoms with Crippen LogP contribution in [0.4, 0.5) is 0 Å². The van der Waals surface area contributed by atoms with Gasteiger partial charge in [0.25, 0.3) is 5.91 Å². The molecule has 0 aromatic heterocycles. The van der Waals surface area contributed by atoms with Crippen molar-refractivity contribution in [3.63, 3.8) is 0 Å². The van der Waals surface area contributed by atoms with E-state index in [1.54, 1.807) is 32.0 Å². The standard InChI is InChI=1S/C14H17NO5/c1-8(14(17)18)9(2)15-13(16)12-7-19-10-5-3-4-6-11(10)20-12/h3-6,8-9,12H,7H2,1-2H3,(H,15,16)(H,17,18). The van der Waals surface area contributed by atoms with Crippen LogP contribution in [0, 0.1) is 5.92 Å². The van der Waals surface area contributed by atoms with Crippen LogP contribution in [0.2, 0.25) is 0 Å². The first-order chi connectivity index (χ1) is 9.49. The van der Waals surface area contributed by atoms with Gasteiger partial charge in [-0.3, -0.25) is 9.59 Å². The lowest BCUT2D eigenvalue weighted by Gasteiger charge is -2.27. The molecule has 3 unspecified atom stereocenters. The van der Waals surface area contributed by atoms with Crippen molar-refractivity contribution in [3.05, 3.63) is 24.3 Å². The Morgan fingerprint density at radius 3 is 2.60 bits per heavy atom. The molecule has 1 heterocycles. The fourth-order valence-corrected chi connectivity index (χ4v) is 1.80. The first-order valence-electron chi connectivity index (χ1n) is 6.40. The maximum Gasteiger partial charge on any atom is 0.308 e. The summed E-state index contributed by atoms with van der Waals surface area (Å²) in [5.41, 5.74) is 0. The molecule has 0 radical (unpaired) electrons. The molecular weight excluding hydrogens is 262 g/mol. The molecule has 0 aliphatic carbocycles. The Labute approximate surface area is 116 Å². The van der Waals surface area contributed by atoms with Gasteiger partial charge in [-0.2, -0.15) is 0 Å². The Kier molecular flexibility index (Phi) is 4.12. The summed E-state index contributed by atoms with van der Waals surface area (Å²) in [6.45, 7) is 3.30. The number of benzene rings is 1. The molecule has 6 heteroatoms. The van der Waals surface area contributed by atoms with Gasteiger partial charge in [-0.25, -0.2) is 0 Å². The molecule has 0 saturated heterocycles. The van der Waals surface area contributed by atoms with Gasteiger partial charge in [0.2, 0.25) is 6.10 Å². The minimum atomic E-state index is -0.955. The molecule has 1 amide bonds. The second kappa shape index (κ2) is 5.81. The Morgan fingerprint density at radius 1 is 1.30 bits per heavy atom. The first kappa shape index (κ1) is 14.2. The summed E-state index contributed by atoms with van der Waals surface area (Å²) < 4.78 is 11.0. The Bertz CT molecular complexity index is 516. The summed E-state index contributed by atoms with van der Waals surface area (Å²) >= 11 is 0. The highest BCUT2D eigenvalue weighted by atomic mass is 16.6. The van der Waals surface area contributed by atoms with E-state index in [2.05, 4.69) is 5.32 Å². The zero-order chi connectivity index (χ0) is 14.7. The number of ether oxygens (including phenoxy) is 2. The van der Waals surface area contributed by atoms with Crippen LogP contribution in [0.3, 0.4) is 0 Å². The monoisotopic (exact) mass is 279 g/mol. The molecule has 0 fully saturated rings. The molecular formula is C14H17NO5. The Balaban J connectivity index is 1.96. The highest BCUT2D eigenvalue weighted by Gasteiger charge is 2.30. The number of hydrogen-bond acceptors (Lipinski definition) is 4. The normalized spacial score (nSPS) is 19.8. The zero-order valence-corrected chi connectivity index (χ0v) is 11.3. The highest BCUT2D eigenvalue weighted by Crippen LogP contribution is 2.30. The van der Waals surface area contributed by atoms with Crippen LogP contribution in [0.25, 0.3) is 0 Å². The lowest BCUT2D eigenvalue weighted by atomic mass is 10.0. The van der Waals surface area contributed by atoms with E-state index < -0.39 is 24.0 Å². The molecule has 0 bridgehead atoms. The second-order valence-electron chi connectivity index (χ2n) is 4.79. The van der Waals surface area contributed by atoms with E-state index in [-0.39, 0.29) is 12.5 Å². The van der Waals surface area contributed by atoms with Crippen molar-refractivity contribution in [3.8, 4) is 11.5 Å². The van der Waals surface area contributed by atoms with Crippen LogP contribution >= 0.6 is 0 Å². The average molecular weight is 279 g/mol. The van der Waals surface area contributed by atoms with E-state index in [1.807, 2.05) is 6.07 Å². The fraction of sp³-hybridized carbons (Fsp3) is 0.429. The van der Waals surface area contributed by atoms with Crippen LogP contribution < -0.4 is 14.8 Å². The zero-order valence-electron chi connectivity index (χ0n) is 11.3. The lowest BCUT2D eigenvalue weighted by molar-refractivity contribution is -0.142. The number of aliphatic carboxylic acids is 1. The minimum Gasteiger partial charge on any atom is -0.485 e. The number of fused-ring (bicyclic) bond motifs is 1. The first-order valence-corrected chi connectivity index (χ1v) is 6.40. The van der Waals surface area contributed by atoms with Crippen LogP contribution in [0.5, 0.6) is 11.5 Å². The average Bonchev–Trinajstić information content (AvgIpc) is 2.45. The van der Waals surface area contributed by atoms with Crippen molar-refractivity contribution in [2.45, 2.75) is 26.0 Å². The number of amides is 1. The molecule has 1 aliphatic rings.